The molecular formula is C14H22N4O3. The lowest BCUT2D eigenvalue weighted by atomic mass is 10.2. The Morgan fingerprint density at radius 1 is 1.33 bits per heavy atom. The Morgan fingerprint density at radius 3 is 2.71 bits per heavy atom. The predicted molar refractivity (Wildman–Crippen MR) is 80.1 cm³/mol. The summed E-state index contributed by atoms with van der Waals surface area (Å²) in [5, 5.41) is 5.82. The monoisotopic (exact) mass is 294 g/mol. The van der Waals surface area contributed by atoms with E-state index in [2.05, 4.69) is 15.6 Å². The number of anilines is 1. The zero-order chi connectivity index (χ0) is 15.7. The SMILES string of the molecule is CCNc1cc(C(=O)NCCOCC(N)=O)cc(CC)n1. The molecule has 116 valence electrons. The maximum atomic E-state index is 12.1. The van der Waals surface area contributed by atoms with Gasteiger partial charge in [0.25, 0.3) is 5.91 Å². The highest BCUT2D eigenvalue weighted by atomic mass is 16.5. The second kappa shape index (κ2) is 8.91. The van der Waals surface area contributed by atoms with Crippen molar-refractivity contribution in [3.63, 3.8) is 0 Å². The third-order valence-electron chi connectivity index (χ3n) is 2.64. The Balaban J connectivity index is 2.56. The van der Waals surface area contributed by atoms with Gasteiger partial charge >= 0.3 is 0 Å². The van der Waals surface area contributed by atoms with Crippen LogP contribution >= 0.6 is 0 Å². The van der Waals surface area contributed by atoms with Crippen molar-refractivity contribution in [1.29, 1.82) is 0 Å². The average Bonchev–Trinajstić information content (AvgIpc) is 2.46. The number of nitrogens with zero attached hydrogens (tertiary/aromatic N) is 1. The number of rotatable bonds is 9. The second-order valence-electron chi connectivity index (χ2n) is 4.39. The van der Waals surface area contributed by atoms with Gasteiger partial charge < -0.3 is 21.1 Å². The van der Waals surface area contributed by atoms with Crippen molar-refractivity contribution < 1.29 is 14.3 Å². The predicted octanol–water partition coefficient (Wildman–Crippen LogP) is 0.308. The number of amides is 2. The molecule has 2 amide bonds. The molecule has 0 bridgehead atoms. The molecule has 0 saturated carbocycles. The number of aromatic nitrogens is 1. The van der Waals surface area contributed by atoms with Crippen molar-refractivity contribution in [2.45, 2.75) is 20.3 Å². The molecule has 0 spiro atoms. The van der Waals surface area contributed by atoms with Crippen LogP contribution in [0.5, 0.6) is 0 Å². The Labute approximate surface area is 124 Å². The molecule has 0 aliphatic carbocycles. The standard InChI is InChI=1S/C14H22N4O3/c1-3-11-7-10(8-13(18-11)16-4-2)14(20)17-5-6-21-9-12(15)19/h7-8H,3-6,9H2,1-2H3,(H2,15,19)(H,16,18)(H,17,20). The van der Waals surface area contributed by atoms with Crippen LogP contribution in [0.25, 0.3) is 0 Å². The average molecular weight is 294 g/mol. The van der Waals surface area contributed by atoms with Crippen LogP contribution in [0.15, 0.2) is 12.1 Å². The topological polar surface area (TPSA) is 106 Å². The van der Waals surface area contributed by atoms with E-state index < -0.39 is 5.91 Å². The first kappa shape index (κ1) is 16.9. The van der Waals surface area contributed by atoms with Crippen LogP contribution in [-0.2, 0) is 16.0 Å². The number of aryl methyl sites for hydroxylation is 1. The van der Waals surface area contributed by atoms with Crippen molar-refractivity contribution in [3.05, 3.63) is 23.4 Å². The molecule has 0 saturated heterocycles. The molecule has 4 N–H and O–H groups in total. The third-order valence-corrected chi connectivity index (χ3v) is 2.64. The van der Waals surface area contributed by atoms with Gasteiger partial charge in [0.1, 0.15) is 12.4 Å². The molecule has 0 aromatic carbocycles. The van der Waals surface area contributed by atoms with Crippen molar-refractivity contribution in [1.82, 2.24) is 10.3 Å². The lowest BCUT2D eigenvalue weighted by Gasteiger charge is -2.09. The fourth-order valence-corrected chi connectivity index (χ4v) is 1.68. The summed E-state index contributed by atoms with van der Waals surface area (Å²) in [6.07, 6.45) is 0.751. The Morgan fingerprint density at radius 2 is 2.10 bits per heavy atom. The number of pyridine rings is 1. The first-order valence-corrected chi connectivity index (χ1v) is 6.95. The molecule has 0 aliphatic heterocycles. The normalized spacial score (nSPS) is 10.2. The maximum Gasteiger partial charge on any atom is 0.251 e. The highest BCUT2D eigenvalue weighted by Crippen LogP contribution is 2.11. The summed E-state index contributed by atoms with van der Waals surface area (Å²) in [6, 6.07) is 3.47. The van der Waals surface area contributed by atoms with Crippen molar-refractivity contribution in [3.8, 4) is 0 Å². The van der Waals surface area contributed by atoms with Crippen LogP contribution in [0, 0.1) is 0 Å². The Hall–Kier alpha value is -2.15. The number of carbonyl (C=O) groups is 2. The fraction of sp³-hybridized carbons (Fsp3) is 0.500. The van der Waals surface area contributed by atoms with Crippen molar-refractivity contribution in [2.24, 2.45) is 5.73 Å². The maximum absolute atomic E-state index is 12.1. The van der Waals surface area contributed by atoms with Gasteiger partial charge in [-0.15, -0.1) is 0 Å². The summed E-state index contributed by atoms with van der Waals surface area (Å²) in [6.45, 7) is 5.10. The summed E-state index contributed by atoms with van der Waals surface area (Å²) in [7, 11) is 0. The van der Waals surface area contributed by atoms with Gasteiger partial charge in [0.2, 0.25) is 5.91 Å². The zero-order valence-electron chi connectivity index (χ0n) is 12.4. The second-order valence-corrected chi connectivity index (χ2v) is 4.39. The molecule has 21 heavy (non-hydrogen) atoms. The molecule has 1 aromatic heterocycles. The molecular weight excluding hydrogens is 272 g/mol. The number of nitrogens with one attached hydrogen (secondary N) is 2. The molecule has 0 fully saturated rings. The summed E-state index contributed by atoms with van der Waals surface area (Å²) in [4.78, 5) is 26.9. The number of hydrogen-bond donors (Lipinski definition) is 3. The Bertz CT molecular complexity index is 491. The molecule has 7 heteroatoms. The number of primary amides is 1. The van der Waals surface area contributed by atoms with E-state index in [0.717, 1.165) is 18.7 Å². The molecule has 0 atom stereocenters. The smallest absolute Gasteiger partial charge is 0.251 e. The minimum atomic E-state index is -0.529. The van der Waals surface area contributed by atoms with Gasteiger partial charge in [-0.2, -0.15) is 0 Å². The van der Waals surface area contributed by atoms with E-state index in [1.54, 1.807) is 12.1 Å². The van der Waals surface area contributed by atoms with E-state index in [9.17, 15) is 9.59 Å². The quantitative estimate of drug-likeness (QED) is 0.568. The number of hydrogen-bond acceptors (Lipinski definition) is 5. The third kappa shape index (κ3) is 6.22. The van der Waals surface area contributed by atoms with Crippen LogP contribution in [-0.4, -0.2) is 43.1 Å². The van der Waals surface area contributed by atoms with Gasteiger partial charge in [0.05, 0.1) is 6.61 Å². The molecule has 0 radical (unpaired) electrons. The largest absolute Gasteiger partial charge is 0.370 e. The highest BCUT2D eigenvalue weighted by Gasteiger charge is 2.09. The Kier molecular flexibility index (Phi) is 7.17. The van der Waals surface area contributed by atoms with Crippen LogP contribution in [0.2, 0.25) is 0 Å². The lowest BCUT2D eigenvalue weighted by Crippen LogP contribution is -2.29. The van der Waals surface area contributed by atoms with Crippen molar-refractivity contribution in [2.75, 3.05) is 31.6 Å². The molecule has 0 unspecified atom stereocenters. The minimum Gasteiger partial charge on any atom is -0.370 e. The molecule has 0 aliphatic rings. The van der Waals surface area contributed by atoms with Crippen LogP contribution in [0.3, 0.4) is 0 Å². The van der Waals surface area contributed by atoms with Gasteiger partial charge in [-0.25, -0.2) is 4.98 Å². The van der Waals surface area contributed by atoms with Crippen LogP contribution in [0.1, 0.15) is 29.9 Å². The molecule has 1 heterocycles. The summed E-state index contributed by atoms with van der Waals surface area (Å²) in [5.74, 6) is -0.0424. The van der Waals surface area contributed by atoms with Gasteiger partial charge in [0, 0.05) is 24.3 Å². The molecule has 1 rings (SSSR count). The molecule has 1 aromatic rings. The first-order valence-electron chi connectivity index (χ1n) is 6.95. The van der Waals surface area contributed by atoms with E-state index in [4.69, 9.17) is 10.5 Å². The summed E-state index contributed by atoms with van der Waals surface area (Å²) in [5.41, 5.74) is 6.34. The summed E-state index contributed by atoms with van der Waals surface area (Å²) >= 11 is 0. The van der Waals surface area contributed by atoms with Gasteiger partial charge in [-0.1, -0.05) is 6.92 Å². The van der Waals surface area contributed by atoms with E-state index >= 15 is 0 Å². The van der Waals surface area contributed by atoms with Crippen molar-refractivity contribution >= 4 is 17.6 Å². The molecule has 7 nitrogen and oxygen atoms in total. The number of nitrogens with two attached hydrogens (primary N) is 1. The lowest BCUT2D eigenvalue weighted by molar-refractivity contribution is -0.122. The van der Waals surface area contributed by atoms with E-state index in [0.29, 0.717) is 17.9 Å². The fourth-order valence-electron chi connectivity index (χ4n) is 1.68. The minimum absolute atomic E-state index is 0.143. The van der Waals surface area contributed by atoms with E-state index in [-0.39, 0.29) is 19.1 Å². The van der Waals surface area contributed by atoms with Gasteiger partial charge in [-0.3, -0.25) is 9.59 Å². The van der Waals surface area contributed by atoms with Crippen LogP contribution in [0.4, 0.5) is 5.82 Å². The van der Waals surface area contributed by atoms with Gasteiger partial charge in [-0.05, 0) is 25.5 Å². The number of carbonyl (C=O) groups excluding carboxylic acids is 2. The first-order chi connectivity index (χ1) is 10.1. The highest BCUT2D eigenvalue weighted by molar-refractivity contribution is 5.95. The summed E-state index contributed by atoms with van der Waals surface area (Å²) < 4.78 is 4.97. The van der Waals surface area contributed by atoms with Gasteiger partial charge in [0.15, 0.2) is 0 Å². The van der Waals surface area contributed by atoms with E-state index in [1.807, 2.05) is 13.8 Å². The van der Waals surface area contributed by atoms with E-state index in [1.165, 1.54) is 0 Å². The van der Waals surface area contributed by atoms with Crippen LogP contribution < -0.4 is 16.4 Å². The number of ether oxygens (including phenoxy) is 1. The zero-order valence-corrected chi connectivity index (χ0v) is 12.4.